The van der Waals surface area contributed by atoms with Gasteiger partial charge in [0.05, 0.1) is 17.8 Å². The third-order valence-corrected chi connectivity index (χ3v) is 5.57. The van der Waals surface area contributed by atoms with Gasteiger partial charge in [0.15, 0.2) is 5.82 Å². The molecule has 0 amide bonds. The van der Waals surface area contributed by atoms with Crippen molar-refractivity contribution in [3.05, 3.63) is 53.1 Å². The average Bonchev–Trinajstić information content (AvgIpc) is 3.20. The molecule has 0 spiro atoms. The molecule has 0 fully saturated rings. The lowest BCUT2D eigenvalue weighted by Gasteiger charge is -2.31. The summed E-state index contributed by atoms with van der Waals surface area (Å²) in [7, 11) is 1.84. The minimum Gasteiger partial charge on any atom is -0.404 e. The highest BCUT2D eigenvalue weighted by atomic mass is 19.4. The van der Waals surface area contributed by atoms with Crippen LogP contribution in [0.2, 0.25) is 0 Å². The number of hydrogen-bond acceptors (Lipinski definition) is 7. The van der Waals surface area contributed by atoms with Gasteiger partial charge in [0, 0.05) is 50.4 Å². The molecule has 35 heavy (non-hydrogen) atoms. The Kier molecular flexibility index (Phi) is 6.59. The summed E-state index contributed by atoms with van der Waals surface area (Å²) in [6.07, 6.45) is -3.21. The van der Waals surface area contributed by atoms with E-state index < -0.39 is 18.3 Å². The molecule has 1 atom stereocenters. The van der Waals surface area contributed by atoms with Gasteiger partial charge in [0.1, 0.15) is 11.2 Å². The number of halogens is 5. The van der Waals surface area contributed by atoms with Crippen molar-refractivity contribution in [1.29, 1.82) is 0 Å². The summed E-state index contributed by atoms with van der Waals surface area (Å²) in [4.78, 5) is 18.4. The molecule has 0 saturated heterocycles. The van der Waals surface area contributed by atoms with Crippen LogP contribution in [0.5, 0.6) is 0 Å². The second-order valence-corrected chi connectivity index (χ2v) is 8.19. The average molecular weight is 494 g/mol. The number of aliphatic imine (C=N–C) groups is 1. The third kappa shape index (κ3) is 5.03. The maximum atomic E-state index is 13.6. The molecule has 0 aromatic carbocycles. The molecule has 1 aliphatic rings. The van der Waals surface area contributed by atoms with Crippen molar-refractivity contribution in [3.63, 3.8) is 0 Å². The van der Waals surface area contributed by atoms with Gasteiger partial charge in [0.2, 0.25) is 5.95 Å². The van der Waals surface area contributed by atoms with Gasteiger partial charge in [-0.05, 0) is 24.6 Å². The SMILES string of the molecule is C[C@H]1CN(C)c2nc(NCC(C=NCc3ccc(C(F)(F)F)nc3)=CN)nc3cc(C(F)F)n1c23. The Hall–Kier alpha value is -3.77. The second-order valence-electron chi connectivity index (χ2n) is 8.19. The fourth-order valence-electron chi connectivity index (χ4n) is 3.97. The summed E-state index contributed by atoms with van der Waals surface area (Å²) >= 11 is 0. The van der Waals surface area contributed by atoms with Crippen molar-refractivity contribution >= 4 is 29.0 Å². The summed E-state index contributed by atoms with van der Waals surface area (Å²) in [5, 5.41) is 3.03. The summed E-state index contributed by atoms with van der Waals surface area (Å²) in [6, 6.07) is 3.43. The van der Waals surface area contributed by atoms with E-state index in [4.69, 9.17) is 5.73 Å². The van der Waals surface area contributed by atoms with E-state index >= 15 is 0 Å². The quantitative estimate of drug-likeness (QED) is 0.375. The zero-order chi connectivity index (χ0) is 25.3. The second kappa shape index (κ2) is 9.47. The lowest BCUT2D eigenvalue weighted by Crippen LogP contribution is -2.32. The first-order chi connectivity index (χ1) is 16.6. The van der Waals surface area contributed by atoms with E-state index in [1.807, 2.05) is 18.9 Å². The maximum absolute atomic E-state index is 13.6. The van der Waals surface area contributed by atoms with Crippen LogP contribution in [0.15, 0.2) is 41.2 Å². The monoisotopic (exact) mass is 494 g/mol. The molecule has 186 valence electrons. The van der Waals surface area contributed by atoms with Gasteiger partial charge in [-0.15, -0.1) is 0 Å². The topological polar surface area (TPSA) is 97.2 Å². The van der Waals surface area contributed by atoms with Crippen molar-refractivity contribution in [3.8, 4) is 0 Å². The van der Waals surface area contributed by atoms with E-state index in [0.29, 0.717) is 34.5 Å². The van der Waals surface area contributed by atoms with Gasteiger partial charge in [-0.3, -0.25) is 9.98 Å². The van der Waals surface area contributed by atoms with Crippen LogP contribution in [0, 0.1) is 0 Å². The van der Waals surface area contributed by atoms with Crippen molar-refractivity contribution in [1.82, 2.24) is 19.5 Å². The molecule has 4 heterocycles. The number of anilines is 2. The molecule has 0 saturated carbocycles. The molecule has 1 aliphatic heterocycles. The van der Waals surface area contributed by atoms with E-state index in [1.165, 1.54) is 24.5 Å². The molecule has 0 radical (unpaired) electrons. The van der Waals surface area contributed by atoms with Crippen LogP contribution >= 0.6 is 0 Å². The molecule has 0 aliphatic carbocycles. The molecule has 3 aromatic heterocycles. The first kappa shape index (κ1) is 24.4. The van der Waals surface area contributed by atoms with Crippen LogP contribution in [0.3, 0.4) is 0 Å². The van der Waals surface area contributed by atoms with Gasteiger partial charge in [-0.25, -0.2) is 13.8 Å². The smallest absolute Gasteiger partial charge is 0.404 e. The van der Waals surface area contributed by atoms with Gasteiger partial charge in [-0.2, -0.15) is 18.2 Å². The van der Waals surface area contributed by atoms with Gasteiger partial charge >= 0.3 is 6.18 Å². The molecule has 8 nitrogen and oxygen atoms in total. The standard InChI is InChI=1S/C22H23F5N8/c1-12-11-34(2)20-18-15(5-16(19(23)24)35(12)18)32-21(33-20)31-10-14(6-28)8-29-7-13-3-4-17(30-9-13)22(25,26)27/h3-6,8-9,12,19H,7,10-11,28H2,1-2H3,(H,31,32,33)/t12-/m0/s1. The predicted molar refractivity (Wildman–Crippen MR) is 123 cm³/mol. The molecule has 3 N–H and O–H groups in total. The number of nitrogens with two attached hydrogens (primary N) is 1. The van der Waals surface area contributed by atoms with E-state index in [1.54, 1.807) is 4.57 Å². The Balaban J connectivity index is 1.46. The highest BCUT2D eigenvalue weighted by Gasteiger charge is 2.32. The van der Waals surface area contributed by atoms with Crippen LogP contribution in [0.1, 0.15) is 36.3 Å². The van der Waals surface area contributed by atoms with Crippen LogP contribution in [-0.2, 0) is 12.7 Å². The van der Waals surface area contributed by atoms with Crippen LogP contribution < -0.4 is 16.0 Å². The normalized spacial score (nSPS) is 16.6. The summed E-state index contributed by atoms with van der Waals surface area (Å²) < 4.78 is 66.6. The van der Waals surface area contributed by atoms with Crippen molar-refractivity contribution in [2.24, 2.45) is 10.7 Å². The molecule has 4 rings (SSSR count). The molecule has 0 unspecified atom stereocenters. The number of alkyl halides is 5. The van der Waals surface area contributed by atoms with E-state index in [-0.39, 0.29) is 30.8 Å². The molecule has 0 bridgehead atoms. The number of rotatable bonds is 7. The minimum absolute atomic E-state index is 0.0965. The van der Waals surface area contributed by atoms with E-state index in [0.717, 1.165) is 12.3 Å². The highest BCUT2D eigenvalue weighted by molar-refractivity contribution is 5.90. The van der Waals surface area contributed by atoms with Gasteiger partial charge < -0.3 is 20.5 Å². The number of likely N-dealkylation sites (N-methyl/N-ethyl adjacent to an activating group) is 1. The summed E-state index contributed by atoms with van der Waals surface area (Å²) in [6.45, 7) is 2.70. The number of aromatic nitrogens is 4. The van der Waals surface area contributed by atoms with Crippen molar-refractivity contribution in [2.45, 2.75) is 32.1 Å². The highest BCUT2D eigenvalue weighted by Crippen LogP contribution is 2.38. The van der Waals surface area contributed by atoms with Gasteiger partial charge in [0.25, 0.3) is 6.43 Å². The van der Waals surface area contributed by atoms with Crippen molar-refractivity contribution < 1.29 is 22.0 Å². The minimum atomic E-state index is -4.50. The lowest BCUT2D eigenvalue weighted by molar-refractivity contribution is -0.141. The largest absolute Gasteiger partial charge is 0.433 e. The van der Waals surface area contributed by atoms with Gasteiger partial charge in [-0.1, -0.05) is 6.07 Å². The summed E-state index contributed by atoms with van der Waals surface area (Å²) in [5.74, 6) is 0.788. The third-order valence-electron chi connectivity index (χ3n) is 5.57. The Morgan fingerprint density at radius 2 is 2.09 bits per heavy atom. The number of pyridine rings is 1. The Labute approximate surface area is 197 Å². The van der Waals surface area contributed by atoms with E-state index in [9.17, 15) is 22.0 Å². The van der Waals surface area contributed by atoms with Crippen LogP contribution in [-0.4, -0.2) is 45.9 Å². The number of hydrogen-bond donors (Lipinski definition) is 2. The first-order valence-corrected chi connectivity index (χ1v) is 10.7. The molecular weight excluding hydrogens is 471 g/mol. The van der Waals surface area contributed by atoms with Crippen LogP contribution in [0.4, 0.5) is 33.7 Å². The lowest BCUT2D eigenvalue weighted by atomic mass is 10.2. The number of nitrogens with zero attached hydrogens (tertiary/aromatic N) is 6. The maximum Gasteiger partial charge on any atom is 0.433 e. The van der Waals surface area contributed by atoms with Crippen LogP contribution in [0.25, 0.3) is 11.0 Å². The Morgan fingerprint density at radius 3 is 2.71 bits per heavy atom. The Morgan fingerprint density at radius 1 is 1.31 bits per heavy atom. The fraction of sp³-hybridized carbons (Fsp3) is 0.364. The number of nitrogens with one attached hydrogen (secondary N) is 1. The first-order valence-electron chi connectivity index (χ1n) is 10.7. The molecule has 3 aromatic rings. The molecular formula is C22H23F5N8. The zero-order valence-corrected chi connectivity index (χ0v) is 18.9. The van der Waals surface area contributed by atoms with Crippen molar-refractivity contribution in [2.75, 3.05) is 30.4 Å². The fourth-order valence-corrected chi connectivity index (χ4v) is 3.97. The zero-order valence-electron chi connectivity index (χ0n) is 18.9. The van der Waals surface area contributed by atoms with E-state index in [2.05, 4.69) is 25.3 Å². The predicted octanol–water partition coefficient (Wildman–Crippen LogP) is 4.32. The Bertz CT molecular complexity index is 1260. The summed E-state index contributed by atoms with van der Waals surface area (Å²) in [5.41, 5.74) is 6.64. The molecule has 13 heteroatoms.